The highest BCUT2D eigenvalue weighted by molar-refractivity contribution is 7.90. The number of hydrogen-bond donors (Lipinski definition) is 2. The molecule has 1 aliphatic heterocycles. The first-order valence-corrected chi connectivity index (χ1v) is 16.3. The van der Waals surface area contributed by atoms with Crippen molar-refractivity contribution in [1.82, 2.24) is 35.0 Å². The maximum Gasteiger partial charge on any atom is 0.147 e. The fourth-order valence-corrected chi connectivity index (χ4v) is 6.41. The Kier molecular flexibility index (Phi) is 6.98. The molecule has 9 nitrogen and oxygen atoms in total. The summed E-state index contributed by atoms with van der Waals surface area (Å²) in [7, 11) is -3.18. The van der Waals surface area contributed by atoms with E-state index in [1.165, 1.54) is 36.8 Å². The van der Waals surface area contributed by atoms with Crippen molar-refractivity contribution in [1.29, 1.82) is 0 Å². The molecule has 5 aromatic heterocycles. The lowest BCUT2D eigenvalue weighted by Crippen LogP contribution is -2.18. The highest BCUT2D eigenvalue weighted by Crippen LogP contribution is 2.34. The molecule has 7 rings (SSSR count). The average Bonchev–Trinajstić information content (AvgIpc) is 3.75. The number of sulfone groups is 1. The summed E-state index contributed by atoms with van der Waals surface area (Å²) in [6.07, 6.45) is 9.32. The Balaban J connectivity index is 1.24. The van der Waals surface area contributed by atoms with E-state index in [4.69, 9.17) is 4.98 Å². The van der Waals surface area contributed by atoms with Crippen LogP contribution in [-0.2, 0) is 22.8 Å². The molecule has 218 valence electrons. The molecule has 0 unspecified atom stereocenters. The zero-order chi connectivity index (χ0) is 29.6. The first-order chi connectivity index (χ1) is 20.8. The molecule has 0 spiro atoms. The van der Waals surface area contributed by atoms with E-state index < -0.39 is 15.7 Å². The summed E-state index contributed by atoms with van der Waals surface area (Å²) in [5, 5.41) is 8.46. The number of aromatic nitrogens is 6. The second-order valence-electron chi connectivity index (χ2n) is 11.3. The van der Waals surface area contributed by atoms with E-state index in [0.717, 1.165) is 58.5 Å². The second kappa shape index (κ2) is 11.0. The number of nitrogens with zero attached hydrogens (tertiary/aromatic N) is 5. The van der Waals surface area contributed by atoms with Gasteiger partial charge in [0, 0.05) is 53.4 Å². The third-order valence-electron chi connectivity index (χ3n) is 7.90. The van der Waals surface area contributed by atoms with Crippen LogP contribution < -0.4 is 0 Å². The number of rotatable bonds is 8. The van der Waals surface area contributed by atoms with Crippen LogP contribution in [0.1, 0.15) is 24.0 Å². The van der Waals surface area contributed by atoms with Crippen LogP contribution in [0.25, 0.3) is 55.8 Å². The number of aromatic amines is 2. The zero-order valence-electron chi connectivity index (χ0n) is 23.6. The summed E-state index contributed by atoms with van der Waals surface area (Å²) >= 11 is 0. The van der Waals surface area contributed by atoms with Crippen LogP contribution >= 0.6 is 0 Å². The van der Waals surface area contributed by atoms with E-state index in [1.807, 2.05) is 36.7 Å². The first kappa shape index (κ1) is 27.4. The minimum Gasteiger partial charge on any atom is -0.353 e. The van der Waals surface area contributed by atoms with Gasteiger partial charge in [-0.15, -0.1) is 0 Å². The minimum absolute atomic E-state index is 0.0537. The molecule has 1 aromatic carbocycles. The average molecular weight is 596 g/mol. The van der Waals surface area contributed by atoms with E-state index in [2.05, 4.69) is 36.1 Å². The van der Waals surface area contributed by atoms with Crippen LogP contribution in [0.5, 0.6) is 0 Å². The maximum absolute atomic E-state index is 14.6. The Labute approximate surface area is 248 Å². The Morgan fingerprint density at radius 1 is 0.930 bits per heavy atom. The lowest BCUT2D eigenvalue weighted by molar-refractivity contribution is 0.331. The molecular formula is C32H30FN7O2S. The molecular weight excluding hydrogens is 565 g/mol. The van der Waals surface area contributed by atoms with Gasteiger partial charge in [-0.2, -0.15) is 5.10 Å². The Bertz CT molecular complexity index is 2080. The fourth-order valence-electron chi connectivity index (χ4n) is 5.81. The van der Waals surface area contributed by atoms with Gasteiger partial charge in [-0.1, -0.05) is 0 Å². The summed E-state index contributed by atoms with van der Waals surface area (Å²) < 4.78 is 38.0. The molecule has 0 aliphatic carbocycles. The fraction of sp³-hybridized carbons (Fsp3) is 0.250. The first-order valence-electron chi connectivity index (χ1n) is 14.3. The van der Waals surface area contributed by atoms with Gasteiger partial charge in [-0.05, 0) is 92.0 Å². The molecule has 2 N–H and O–H groups in total. The normalized spacial score (nSPS) is 14.3. The Morgan fingerprint density at radius 2 is 1.77 bits per heavy atom. The largest absolute Gasteiger partial charge is 0.353 e. The number of benzene rings is 1. The van der Waals surface area contributed by atoms with Crippen molar-refractivity contribution in [2.75, 3.05) is 25.1 Å². The summed E-state index contributed by atoms with van der Waals surface area (Å²) in [5.74, 6) is -0.494. The minimum atomic E-state index is -3.18. The molecule has 1 aliphatic rings. The molecule has 11 heteroatoms. The van der Waals surface area contributed by atoms with Crippen molar-refractivity contribution >= 4 is 31.8 Å². The third-order valence-corrected chi connectivity index (χ3v) is 8.84. The Morgan fingerprint density at radius 3 is 2.60 bits per heavy atom. The topological polar surface area (TPSA) is 121 Å². The smallest absolute Gasteiger partial charge is 0.147 e. The number of pyridine rings is 3. The van der Waals surface area contributed by atoms with Crippen molar-refractivity contribution < 1.29 is 12.8 Å². The summed E-state index contributed by atoms with van der Waals surface area (Å²) in [5.41, 5.74) is 8.44. The molecule has 6 aromatic rings. The third kappa shape index (κ3) is 5.78. The highest BCUT2D eigenvalue weighted by atomic mass is 32.2. The summed E-state index contributed by atoms with van der Waals surface area (Å²) in [4.78, 5) is 19.9. The number of hydrogen-bond acceptors (Lipinski definition) is 7. The van der Waals surface area contributed by atoms with Gasteiger partial charge in [0.25, 0.3) is 0 Å². The standard InChI is InChI=1S/C32H30FN7O2S/c1-43(41,42)11-7-20-12-22(15-24(33)14-20)30-25-16-29(36-27(25)6-8-35-30)32-31-28(38-39-32)5-4-26(37-31)23-13-21(17-34-18-23)19-40-9-2-3-10-40/h4-6,8,12-18,36H,2-3,7,9-11,19H2,1H3,(H,38,39). The van der Waals surface area contributed by atoms with Crippen LogP contribution in [0.4, 0.5) is 4.39 Å². The number of likely N-dealkylation sites (tertiary alicyclic amines) is 1. The number of nitrogens with one attached hydrogen (secondary N) is 2. The van der Waals surface area contributed by atoms with E-state index in [0.29, 0.717) is 22.5 Å². The van der Waals surface area contributed by atoms with Gasteiger partial charge in [-0.3, -0.25) is 20.0 Å². The van der Waals surface area contributed by atoms with Crippen LogP contribution in [0, 0.1) is 5.82 Å². The predicted octanol–water partition coefficient (Wildman–Crippen LogP) is 5.55. The van der Waals surface area contributed by atoms with Gasteiger partial charge >= 0.3 is 0 Å². The second-order valence-corrected chi connectivity index (χ2v) is 13.5. The van der Waals surface area contributed by atoms with E-state index in [-0.39, 0.29) is 12.2 Å². The van der Waals surface area contributed by atoms with Crippen LogP contribution in [0.15, 0.2) is 67.1 Å². The van der Waals surface area contributed by atoms with Crippen molar-refractivity contribution in [2.45, 2.75) is 25.8 Å². The highest BCUT2D eigenvalue weighted by Gasteiger charge is 2.18. The number of aryl methyl sites for hydroxylation is 1. The van der Waals surface area contributed by atoms with Crippen molar-refractivity contribution in [3.63, 3.8) is 0 Å². The van der Waals surface area contributed by atoms with E-state index in [1.54, 1.807) is 12.3 Å². The molecule has 0 atom stereocenters. The molecule has 0 saturated carbocycles. The van der Waals surface area contributed by atoms with Crippen molar-refractivity contribution in [2.24, 2.45) is 0 Å². The van der Waals surface area contributed by atoms with E-state index in [9.17, 15) is 12.8 Å². The number of fused-ring (bicyclic) bond motifs is 2. The van der Waals surface area contributed by atoms with Gasteiger partial charge in [0.1, 0.15) is 26.9 Å². The lowest BCUT2D eigenvalue weighted by atomic mass is 10.0. The van der Waals surface area contributed by atoms with Gasteiger partial charge in [0.15, 0.2) is 0 Å². The van der Waals surface area contributed by atoms with Crippen molar-refractivity contribution in [3.8, 4) is 33.9 Å². The predicted molar refractivity (Wildman–Crippen MR) is 166 cm³/mol. The van der Waals surface area contributed by atoms with E-state index >= 15 is 0 Å². The molecule has 43 heavy (non-hydrogen) atoms. The van der Waals surface area contributed by atoms with Gasteiger partial charge in [0.05, 0.1) is 28.4 Å². The van der Waals surface area contributed by atoms with Crippen LogP contribution in [0.2, 0.25) is 0 Å². The molecule has 0 amide bonds. The molecule has 1 saturated heterocycles. The SMILES string of the molecule is CS(=O)(=O)CCc1cc(F)cc(-c2nccc3[nH]c(-c4n[nH]c5ccc(-c6cncc(CN7CCCC7)c6)nc45)cc23)c1. The Hall–Kier alpha value is -4.48. The monoisotopic (exact) mass is 595 g/mol. The molecule has 6 heterocycles. The zero-order valence-corrected chi connectivity index (χ0v) is 24.5. The van der Waals surface area contributed by atoms with Crippen LogP contribution in [-0.4, -0.2) is 68.5 Å². The summed E-state index contributed by atoms with van der Waals surface area (Å²) in [6.45, 7) is 3.13. The molecule has 0 radical (unpaired) electrons. The maximum atomic E-state index is 14.6. The lowest BCUT2D eigenvalue weighted by Gasteiger charge is -2.14. The quantitative estimate of drug-likeness (QED) is 0.237. The van der Waals surface area contributed by atoms with Gasteiger partial charge < -0.3 is 4.98 Å². The van der Waals surface area contributed by atoms with Gasteiger partial charge in [0.2, 0.25) is 0 Å². The van der Waals surface area contributed by atoms with Gasteiger partial charge in [-0.25, -0.2) is 17.8 Å². The molecule has 1 fully saturated rings. The van der Waals surface area contributed by atoms with Crippen LogP contribution in [0.3, 0.4) is 0 Å². The number of halogens is 1. The number of H-pyrrole nitrogens is 2. The van der Waals surface area contributed by atoms with Crippen molar-refractivity contribution in [3.05, 3.63) is 84.1 Å². The summed E-state index contributed by atoms with van der Waals surface area (Å²) in [6, 6.07) is 14.5. The molecule has 0 bridgehead atoms.